The first-order valence-electron chi connectivity index (χ1n) is 4.09. The first kappa shape index (κ1) is 11.7. The number of nitriles is 2. The molecule has 13 heavy (non-hydrogen) atoms. The lowest BCUT2D eigenvalue weighted by Crippen LogP contribution is -2.38. The Morgan fingerprint density at radius 3 is 2.15 bits per heavy atom. The average Bonchev–Trinajstić information content (AvgIpc) is 2.01. The van der Waals surface area contributed by atoms with Crippen molar-refractivity contribution >= 4 is 0 Å². The standard InChI is InChI=1S/C10H15N3/c1-10(2,6-5-7-11)9(8-12)13(3)4/h5-6,9H,1-4H3/b6-5-. The summed E-state index contributed by atoms with van der Waals surface area (Å²) < 4.78 is 0. The second-order valence-corrected chi connectivity index (χ2v) is 3.78. The van der Waals surface area contributed by atoms with Gasteiger partial charge in [-0.25, -0.2) is 0 Å². The van der Waals surface area contributed by atoms with Gasteiger partial charge >= 0.3 is 0 Å². The molecule has 1 unspecified atom stereocenters. The molecule has 1 atom stereocenters. The molecule has 70 valence electrons. The van der Waals surface area contributed by atoms with E-state index in [0.717, 1.165) is 0 Å². The monoisotopic (exact) mass is 177 g/mol. The molecule has 0 fully saturated rings. The molecule has 0 radical (unpaired) electrons. The van der Waals surface area contributed by atoms with Crippen molar-refractivity contribution in [1.29, 1.82) is 10.5 Å². The van der Waals surface area contributed by atoms with Crippen LogP contribution < -0.4 is 0 Å². The zero-order chi connectivity index (χ0) is 10.5. The van der Waals surface area contributed by atoms with E-state index in [1.165, 1.54) is 6.08 Å². The minimum absolute atomic E-state index is 0.211. The van der Waals surface area contributed by atoms with Crippen LogP contribution in [0.15, 0.2) is 12.2 Å². The summed E-state index contributed by atoms with van der Waals surface area (Å²) in [5, 5.41) is 17.3. The third kappa shape index (κ3) is 3.27. The highest BCUT2D eigenvalue weighted by atomic mass is 15.1. The van der Waals surface area contributed by atoms with Gasteiger partial charge in [-0.3, -0.25) is 4.90 Å². The Bertz CT molecular complexity index is 263. The molecule has 0 aromatic heterocycles. The SMILES string of the molecule is CN(C)C(C#N)C(C)(C)/C=C\C#N. The number of nitrogens with zero attached hydrogens (tertiary/aromatic N) is 3. The Labute approximate surface area is 79.9 Å². The number of hydrogen-bond donors (Lipinski definition) is 0. The van der Waals surface area contributed by atoms with Gasteiger partial charge in [-0.1, -0.05) is 19.9 Å². The summed E-state index contributed by atoms with van der Waals surface area (Å²) in [7, 11) is 3.71. The highest BCUT2D eigenvalue weighted by Crippen LogP contribution is 2.24. The van der Waals surface area contributed by atoms with Crippen molar-refractivity contribution in [3.05, 3.63) is 12.2 Å². The van der Waals surface area contributed by atoms with Crippen molar-refractivity contribution in [2.45, 2.75) is 19.9 Å². The van der Waals surface area contributed by atoms with Gasteiger partial charge in [0, 0.05) is 11.5 Å². The van der Waals surface area contributed by atoms with Crippen LogP contribution in [-0.4, -0.2) is 25.0 Å². The average molecular weight is 177 g/mol. The zero-order valence-corrected chi connectivity index (χ0v) is 8.57. The van der Waals surface area contributed by atoms with Gasteiger partial charge in [0.2, 0.25) is 0 Å². The molecule has 0 saturated carbocycles. The van der Waals surface area contributed by atoms with Crippen molar-refractivity contribution in [3.8, 4) is 12.1 Å². The van der Waals surface area contributed by atoms with E-state index < -0.39 is 0 Å². The van der Waals surface area contributed by atoms with Crippen LogP contribution in [-0.2, 0) is 0 Å². The van der Waals surface area contributed by atoms with Gasteiger partial charge in [0.05, 0.1) is 12.1 Å². The molecule has 0 aliphatic heterocycles. The number of allylic oxidation sites excluding steroid dienone is 1. The van der Waals surface area contributed by atoms with Crippen LogP contribution >= 0.6 is 0 Å². The Morgan fingerprint density at radius 1 is 1.31 bits per heavy atom. The van der Waals surface area contributed by atoms with Gasteiger partial charge in [0.25, 0.3) is 0 Å². The van der Waals surface area contributed by atoms with Crippen LogP contribution in [0.3, 0.4) is 0 Å². The van der Waals surface area contributed by atoms with Crippen LogP contribution in [0.1, 0.15) is 13.8 Å². The molecular formula is C10H15N3. The fourth-order valence-electron chi connectivity index (χ4n) is 1.29. The van der Waals surface area contributed by atoms with Gasteiger partial charge in [0.1, 0.15) is 6.04 Å². The van der Waals surface area contributed by atoms with Crippen LogP contribution in [0, 0.1) is 28.1 Å². The van der Waals surface area contributed by atoms with E-state index in [4.69, 9.17) is 10.5 Å². The van der Waals surface area contributed by atoms with Crippen molar-refractivity contribution < 1.29 is 0 Å². The van der Waals surface area contributed by atoms with E-state index in [1.807, 2.05) is 38.9 Å². The van der Waals surface area contributed by atoms with E-state index in [0.29, 0.717) is 0 Å². The molecule has 0 bridgehead atoms. The molecule has 0 rings (SSSR count). The molecule has 0 heterocycles. The summed E-state index contributed by atoms with van der Waals surface area (Å²) in [4.78, 5) is 1.85. The quantitative estimate of drug-likeness (QED) is 0.614. The lowest BCUT2D eigenvalue weighted by atomic mass is 9.84. The van der Waals surface area contributed by atoms with Gasteiger partial charge in [-0.15, -0.1) is 0 Å². The third-order valence-electron chi connectivity index (χ3n) is 1.93. The van der Waals surface area contributed by atoms with E-state index >= 15 is 0 Å². The maximum Gasteiger partial charge on any atom is 0.106 e. The summed E-state index contributed by atoms with van der Waals surface area (Å²) in [6, 6.07) is 3.94. The molecule has 0 aromatic rings. The minimum Gasteiger partial charge on any atom is -0.294 e. The molecule has 0 aliphatic carbocycles. The van der Waals surface area contributed by atoms with Gasteiger partial charge in [0.15, 0.2) is 0 Å². The van der Waals surface area contributed by atoms with Gasteiger partial charge in [-0.05, 0) is 14.1 Å². The minimum atomic E-state index is -0.298. The van der Waals surface area contributed by atoms with Crippen LogP contribution in [0.25, 0.3) is 0 Å². The lowest BCUT2D eigenvalue weighted by Gasteiger charge is -2.30. The number of hydrogen-bond acceptors (Lipinski definition) is 3. The Hall–Kier alpha value is -1.32. The third-order valence-corrected chi connectivity index (χ3v) is 1.93. The Balaban J connectivity index is 4.72. The van der Waals surface area contributed by atoms with Crippen molar-refractivity contribution in [3.63, 3.8) is 0 Å². The summed E-state index contributed by atoms with van der Waals surface area (Å²) >= 11 is 0. The predicted octanol–water partition coefficient (Wildman–Crippen LogP) is 1.55. The van der Waals surface area contributed by atoms with Crippen LogP contribution in [0.2, 0.25) is 0 Å². The van der Waals surface area contributed by atoms with Crippen molar-refractivity contribution in [1.82, 2.24) is 4.90 Å². The molecule has 3 nitrogen and oxygen atoms in total. The van der Waals surface area contributed by atoms with Crippen LogP contribution in [0.5, 0.6) is 0 Å². The first-order chi connectivity index (χ1) is 5.95. The number of rotatable bonds is 3. The van der Waals surface area contributed by atoms with Crippen molar-refractivity contribution in [2.75, 3.05) is 14.1 Å². The second kappa shape index (κ2) is 4.64. The highest BCUT2D eigenvalue weighted by molar-refractivity contribution is 5.14. The predicted molar refractivity (Wildman–Crippen MR) is 51.6 cm³/mol. The Morgan fingerprint density at radius 2 is 1.85 bits per heavy atom. The van der Waals surface area contributed by atoms with E-state index in [2.05, 4.69) is 6.07 Å². The van der Waals surface area contributed by atoms with Gasteiger partial charge in [-0.2, -0.15) is 10.5 Å². The zero-order valence-electron chi connectivity index (χ0n) is 8.57. The van der Waals surface area contributed by atoms with Gasteiger partial charge < -0.3 is 0 Å². The van der Waals surface area contributed by atoms with E-state index in [9.17, 15) is 0 Å². The Kier molecular flexibility index (Phi) is 4.17. The largest absolute Gasteiger partial charge is 0.294 e. The normalized spacial score (nSPS) is 14.1. The summed E-state index contributed by atoms with van der Waals surface area (Å²) in [5.74, 6) is 0. The fourth-order valence-corrected chi connectivity index (χ4v) is 1.29. The summed E-state index contributed by atoms with van der Waals surface area (Å²) in [6.07, 6.45) is 3.19. The second-order valence-electron chi connectivity index (χ2n) is 3.78. The maximum atomic E-state index is 8.92. The molecular weight excluding hydrogens is 162 g/mol. The van der Waals surface area contributed by atoms with Crippen LogP contribution in [0.4, 0.5) is 0 Å². The van der Waals surface area contributed by atoms with E-state index in [1.54, 1.807) is 6.08 Å². The molecule has 0 aromatic carbocycles. The highest BCUT2D eigenvalue weighted by Gasteiger charge is 2.28. The van der Waals surface area contributed by atoms with Crippen molar-refractivity contribution in [2.24, 2.45) is 5.41 Å². The molecule has 0 amide bonds. The summed E-state index contributed by atoms with van der Waals surface area (Å²) in [6.45, 7) is 3.88. The summed E-state index contributed by atoms with van der Waals surface area (Å²) in [5.41, 5.74) is -0.298. The molecule has 0 aliphatic rings. The molecule has 3 heteroatoms. The molecule has 0 saturated heterocycles. The topological polar surface area (TPSA) is 50.8 Å². The smallest absolute Gasteiger partial charge is 0.106 e. The molecule has 0 N–H and O–H groups in total. The fraction of sp³-hybridized carbons (Fsp3) is 0.600. The maximum absolute atomic E-state index is 8.92. The molecule has 0 spiro atoms. The van der Waals surface area contributed by atoms with E-state index in [-0.39, 0.29) is 11.5 Å². The lowest BCUT2D eigenvalue weighted by molar-refractivity contribution is 0.228. The first-order valence-corrected chi connectivity index (χ1v) is 4.09.